The van der Waals surface area contributed by atoms with Crippen LogP contribution in [0.3, 0.4) is 0 Å². The van der Waals surface area contributed by atoms with Gasteiger partial charge in [-0.1, -0.05) is 30.3 Å². The summed E-state index contributed by atoms with van der Waals surface area (Å²) in [6.07, 6.45) is 1.44. The maximum atomic E-state index is 12.7. The highest BCUT2D eigenvalue weighted by Crippen LogP contribution is 2.35. The van der Waals surface area contributed by atoms with E-state index in [9.17, 15) is 9.59 Å². The molecule has 30 heavy (non-hydrogen) atoms. The standard InChI is InChI=1S/C22H18N4O3S/c1-13-17-20(26-16-9-7-15(8-10-16)19(23)27)24-12-25-21(17)30-18(13)22(28)29-11-14-5-3-2-4-6-14/h2-10,12H,11H2,1H3,(H2,23,27)(H,24,25,26). The van der Waals surface area contributed by atoms with Crippen LogP contribution in [-0.4, -0.2) is 21.8 Å². The van der Waals surface area contributed by atoms with Crippen molar-refractivity contribution in [1.82, 2.24) is 9.97 Å². The number of thiophene rings is 1. The lowest BCUT2D eigenvalue weighted by Crippen LogP contribution is -2.10. The van der Waals surface area contributed by atoms with E-state index in [1.807, 2.05) is 37.3 Å². The van der Waals surface area contributed by atoms with Crippen LogP contribution in [-0.2, 0) is 11.3 Å². The summed E-state index contributed by atoms with van der Waals surface area (Å²) >= 11 is 1.27. The average Bonchev–Trinajstić information content (AvgIpc) is 3.11. The zero-order valence-electron chi connectivity index (χ0n) is 16.1. The van der Waals surface area contributed by atoms with Crippen LogP contribution in [0.5, 0.6) is 0 Å². The van der Waals surface area contributed by atoms with Gasteiger partial charge in [0.2, 0.25) is 5.91 Å². The molecule has 7 nitrogen and oxygen atoms in total. The van der Waals surface area contributed by atoms with Gasteiger partial charge < -0.3 is 15.8 Å². The number of amides is 1. The number of carbonyl (C=O) groups excluding carboxylic acids is 2. The highest BCUT2D eigenvalue weighted by atomic mass is 32.1. The molecule has 0 spiro atoms. The molecule has 150 valence electrons. The van der Waals surface area contributed by atoms with Crippen molar-refractivity contribution in [3.63, 3.8) is 0 Å². The lowest BCUT2D eigenvalue weighted by Gasteiger charge is -2.08. The van der Waals surface area contributed by atoms with Crippen molar-refractivity contribution in [2.75, 3.05) is 5.32 Å². The van der Waals surface area contributed by atoms with Crippen molar-refractivity contribution in [3.8, 4) is 0 Å². The molecule has 0 aliphatic carbocycles. The van der Waals surface area contributed by atoms with E-state index in [2.05, 4.69) is 15.3 Å². The number of rotatable bonds is 6. The number of nitrogens with two attached hydrogens (primary N) is 1. The van der Waals surface area contributed by atoms with Crippen LogP contribution >= 0.6 is 11.3 Å². The number of fused-ring (bicyclic) bond motifs is 1. The second-order valence-electron chi connectivity index (χ2n) is 6.59. The molecular weight excluding hydrogens is 400 g/mol. The third kappa shape index (κ3) is 3.99. The molecule has 2 heterocycles. The van der Waals surface area contributed by atoms with Gasteiger partial charge in [0, 0.05) is 11.3 Å². The third-order valence-corrected chi connectivity index (χ3v) is 5.74. The van der Waals surface area contributed by atoms with Crippen molar-refractivity contribution < 1.29 is 14.3 Å². The van der Waals surface area contributed by atoms with E-state index in [0.29, 0.717) is 21.1 Å². The smallest absolute Gasteiger partial charge is 0.349 e. The molecule has 2 aromatic carbocycles. The summed E-state index contributed by atoms with van der Waals surface area (Å²) in [7, 11) is 0. The predicted octanol–water partition coefficient (Wildman–Crippen LogP) is 4.20. The normalized spacial score (nSPS) is 10.7. The van der Waals surface area contributed by atoms with Crippen LogP contribution in [0.15, 0.2) is 60.9 Å². The Morgan fingerprint density at radius 1 is 1.07 bits per heavy atom. The minimum Gasteiger partial charge on any atom is -0.457 e. The molecule has 0 fully saturated rings. The Hall–Kier alpha value is -3.78. The van der Waals surface area contributed by atoms with Crippen molar-refractivity contribution in [3.05, 3.63) is 82.5 Å². The molecule has 0 bridgehead atoms. The number of anilines is 2. The molecule has 0 aliphatic rings. The first kappa shape index (κ1) is 19.5. The summed E-state index contributed by atoms with van der Waals surface area (Å²) in [6.45, 7) is 2.05. The maximum Gasteiger partial charge on any atom is 0.349 e. The Morgan fingerprint density at radius 2 is 1.80 bits per heavy atom. The number of nitrogens with zero attached hydrogens (tertiary/aromatic N) is 2. The SMILES string of the molecule is Cc1c(C(=O)OCc2ccccc2)sc2ncnc(Nc3ccc(C(N)=O)cc3)c12. The lowest BCUT2D eigenvalue weighted by atomic mass is 10.1. The summed E-state index contributed by atoms with van der Waals surface area (Å²) in [5.74, 6) is -0.308. The van der Waals surface area contributed by atoms with Crippen molar-refractivity contribution in [2.24, 2.45) is 5.73 Å². The molecule has 3 N–H and O–H groups in total. The van der Waals surface area contributed by atoms with E-state index in [1.165, 1.54) is 17.7 Å². The third-order valence-electron chi connectivity index (χ3n) is 4.56. The molecule has 4 aromatic rings. The van der Waals surface area contributed by atoms with Crippen molar-refractivity contribution >= 4 is 44.9 Å². The number of esters is 1. The number of hydrogen-bond donors (Lipinski definition) is 2. The summed E-state index contributed by atoms with van der Waals surface area (Å²) in [5.41, 5.74) is 8.11. The summed E-state index contributed by atoms with van der Waals surface area (Å²) in [4.78, 5) is 33.7. The first-order chi connectivity index (χ1) is 14.5. The molecule has 0 radical (unpaired) electrons. The Morgan fingerprint density at radius 3 is 2.50 bits per heavy atom. The molecule has 8 heteroatoms. The van der Waals surface area contributed by atoms with Crippen molar-refractivity contribution in [2.45, 2.75) is 13.5 Å². The van der Waals surface area contributed by atoms with Gasteiger partial charge in [0.05, 0.1) is 5.39 Å². The molecule has 4 rings (SSSR count). The monoisotopic (exact) mass is 418 g/mol. The zero-order chi connectivity index (χ0) is 21.1. The lowest BCUT2D eigenvalue weighted by molar-refractivity contribution is 0.0478. The molecule has 0 saturated carbocycles. The number of ether oxygens (including phenoxy) is 1. The number of carbonyl (C=O) groups is 2. The fourth-order valence-corrected chi connectivity index (χ4v) is 4.05. The second-order valence-corrected chi connectivity index (χ2v) is 7.59. The van der Waals surface area contributed by atoms with E-state index in [-0.39, 0.29) is 6.61 Å². The largest absolute Gasteiger partial charge is 0.457 e. The van der Waals surface area contributed by atoms with Crippen molar-refractivity contribution in [1.29, 1.82) is 0 Å². The highest BCUT2D eigenvalue weighted by Gasteiger charge is 2.20. The molecule has 1 amide bonds. The van der Waals surface area contributed by atoms with Crippen LogP contribution in [0.4, 0.5) is 11.5 Å². The van der Waals surface area contributed by atoms with Crippen LogP contribution in [0, 0.1) is 6.92 Å². The van der Waals surface area contributed by atoms with Crippen LogP contribution in [0.25, 0.3) is 10.2 Å². The van der Waals surface area contributed by atoms with E-state index in [4.69, 9.17) is 10.5 Å². The Kier molecular flexibility index (Phi) is 5.40. The van der Waals surface area contributed by atoms with Gasteiger partial charge in [-0.05, 0) is 42.3 Å². The second kappa shape index (κ2) is 8.30. The number of benzene rings is 2. The number of aromatic nitrogens is 2. The summed E-state index contributed by atoms with van der Waals surface area (Å²) < 4.78 is 5.48. The van der Waals surface area contributed by atoms with Gasteiger partial charge in [-0.15, -0.1) is 11.3 Å². The van der Waals surface area contributed by atoms with E-state index < -0.39 is 11.9 Å². The molecular formula is C22H18N4O3S. The molecule has 0 aliphatic heterocycles. The summed E-state index contributed by atoms with van der Waals surface area (Å²) in [5, 5.41) is 3.97. The van der Waals surface area contributed by atoms with Gasteiger partial charge in [-0.2, -0.15) is 0 Å². The zero-order valence-corrected chi connectivity index (χ0v) is 16.9. The maximum absolute atomic E-state index is 12.7. The fourth-order valence-electron chi connectivity index (χ4n) is 3.00. The summed E-state index contributed by atoms with van der Waals surface area (Å²) in [6, 6.07) is 16.3. The first-order valence-electron chi connectivity index (χ1n) is 9.15. The molecule has 2 aromatic heterocycles. The van der Waals surface area contributed by atoms with Gasteiger partial charge >= 0.3 is 5.97 Å². The number of nitrogens with one attached hydrogen (secondary N) is 1. The van der Waals surface area contributed by atoms with Gasteiger partial charge in [0.25, 0.3) is 0 Å². The minimum absolute atomic E-state index is 0.205. The van der Waals surface area contributed by atoms with E-state index in [1.54, 1.807) is 24.3 Å². The van der Waals surface area contributed by atoms with Gasteiger partial charge in [0.1, 0.15) is 28.5 Å². The Labute approximate surface area is 176 Å². The minimum atomic E-state index is -0.488. The Bertz CT molecular complexity index is 1220. The number of aryl methyl sites for hydroxylation is 1. The van der Waals surface area contributed by atoms with E-state index >= 15 is 0 Å². The van der Waals surface area contributed by atoms with E-state index in [0.717, 1.165) is 22.2 Å². The van der Waals surface area contributed by atoms with Gasteiger partial charge in [0.15, 0.2) is 0 Å². The Balaban J connectivity index is 1.59. The average molecular weight is 418 g/mol. The van der Waals surface area contributed by atoms with Crippen LogP contribution in [0.2, 0.25) is 0 Å². The topological polar surface area (TPSA) is 107 Å². The van der Waals surface area contributed by atoms with Crippen LogP contribution < -0.4 is 11.1 Å². The first-order valence-corrected chi connectivity index (χ1v) is 9.96. The number of primary amides is 1. The fraction of sp³-hybridized carbons (Fsp3) is 0.0909. The predicted molar refractivity (Wildman–Crippen MR) is 116 cm³/mol. The van der Waals surface area contributed by atoms with Crippen LogP contribution in [0.1, 0.15) is 31.2 Å². The highest BCUT2D eigenvalue weighted by molar-refractivity contribution is 7.20. The molecule has 0 atom stereocenters. The quantitative estimate of drug-likeness (QED) is 0.455. The molecule has 0 unspecified atom stereocenters. The van der Waals surface area contributed by atoms with Gasteiger partial charge in [-0.25, -0.2) is 14.8 Å². The number of hydrogen-bond acceptors (Lipinski definition) is 7. The molecule has 0 saturated heterocycles. The van der Waals surface area contributed by atoms with Gasteiger partial charge in [-0.3, -0.25) is 4.79 Å².